The lowest BCUT2D eigenvalue weighted by Gasteiger charge is -2.27. The number of rotatable bonds is 1. The van der Waals surface area contributed by atoms with E-state index in [1.54, 1.807) is 6.92 Å². The van der Waals surface area contributed by atoms with Gasteiger partial charge in [0.25, 0.3) is 0 Å². The second-order valence-corrected chi connectivity index (χ2v) is 2.98. The number of aliphatic hydroxyl groups excluding tert-OH is 1. The van der Waals surface area contributed by atoms with Crippen molar-refractivity contribution in [1.29, 1.82) is 0 Å². The van der Waals surface area contributed by atoms with Crippen LogP contribution in [0.2, 0.25) is 0 Å². The third-order valence-electron chi connectivity index (χ3n) is 2.00. The fourth-order valence-corrected chi connectivity index (χ4v) is 1.27. The molecule has 0 amide bonds. The van der Waals surface area contributed by atoms with Crippen molar-refractivity contribution >= 4 is 0 Å². The quantitative estimate of drug-likeness (QED) is 0.644. The molecule has 0 radical (unpaired) electrons. The first-order valence-corrected chi connectivity index (χ1v) is 3.74. The van der Waals surface area contributed by atoms with Crippen LogP contribution in [0, 0.1) is 6.92 Å². The first kappa shape index (κ1) is 6.79. The molecule has 0 atom stereocenters. The minimum absolute atomic E-state index is 0.160. The zero-order chi connectivity index (χ0) is 7.84. The van der Waals surface area contributed by atoms with Crippen molar-refractivity contribution in [1.82, 2.24) is 10.2 Å². The van der Waals surface area contributed by atoms with Gasteiger partial charge in [-0.05, 0) is 12.8 Å². The maximum Gasteiger partial charge on any atom is 0.219 e. The van der Waals surface area contributed by atoms with Gasteiger partial charge in [-0.3, -0.25) is 0 Å². The second-order valence-electron chi connectivity index (χ2n) is 2.98. The van der Waals surface area contributed by atoms with Crippen molar-refractivity contribution in [3.63, 3.8) is 0 Å². The van der Waals surface area contributed by atoms with E-state index in [1.807, 2.05) is 0 Å². The van der Waals surface area contributed by atoms with Gasteiger partial charge in [0.15, 0.2) is 0 Å². The highest BCUT2D eigenvalue weighted by Gasteiger charge is 2.32. The summed E-state index contributed by atoms with van der Waals surface area (Å²) < 4.78 is 5.20. The molecule has 4 heteroatoms. The van der Waals surface area contributed by atoms with Crippen LogP contribution in [0.4, 0.5) is 0 Å². The fraction of sp³-hybridized carbons (Fsp3) is 0.714. The van der Waals surface area contributed by atoms with E-state index in [4.69, 9.17) is 9.52 Å². The Bertz CT molecular complexity index is 253. The van der Waals surface area contributed by atoms with E-state index >= 15 is 0 Å². The Morgan fingerprint density at radius 1 is 1.45 bits per heavy atom. The smallest absolute Gasteiger partial charge is 0.219 e. The first-order valence-electron chi connectivity index (χ1n) is 3.74. The summed E-state index contributed by atoms with van der Waals surface area (Å²) in [6, 6.07) is 0. The Kier molecular flexibility index (Phi) is 1.42. The molecule has 0 bridgehead atoms. The van der Waals surface area contributed by atoms with Crippen LogP contribution in [0.5, 0.6) is 0 Å². The van der Waals surface area contributed by atoms with Gasteiger partial charge in [-0.15, -0.1) is 10.2 Å². The van der Waals surface area contributed by atoms with Crippen LogP contribution in [0.25, 0.3) is 0 Å². The van der Waals surface area contributed by atoms with Crippen LogP contribution < -0.4 is 0 Å². The summed E-state index contributed by atoms with van der Waals surface area (Å²) in [5.74, 6) is 1.57. The molecule has 0 aliphatic heterocycles. The van der Waals surface area contributed by atoms with Crippen LogP contribution in [0.3, 0.4) is 0 Å². The summed E-state index contributed by atoms with van der Waals surface area (Å²) in [5, 5.41) is 16.6. The molecule has 0 aromatic carbocycles. The van der Waals surface area contributed by atoms with Gasteiger partial charge in [0.2, 0.25) is 11.8 Å². The SMILES string of the molecule is Cc1nnc(C2CC(O)C2)o1. The van der Waals surface area contributed by atoms with Crippen molar-refractivity contribution in [2.75, 3.05) is 0 Å². The molecular weight excluding hydrogens is 144 g/mol. The van der Waals surface area contributed by atoms with Gasteiger partial charge in [-0.2, -0.15) is 0 Å². The molecule has 1 N–H and O–H groups in total. The maximum absolute atomic E-state index is 9.00. The number of hydrogen-bond donors (Lipinski definition) is 1. The van der Waals surface area contributed by atoms with Crippen LogP contribution in [0.15, 0.2) is 4.42 Å². The van der Waals surface area contributed by atoms with E-state index in [0.29, 0.717) is 17.7 Å². The minimum Gasteiger partial charge on any atom is -0.425 e. The highest BCUT2D eigenvalue weighted by atomic mass is 16.4. The van der Waals surface area contributed by atoms with Gasteiger partial charge in [0.1, 0.15) is 0 Å². The fourth-order valence-electron chi connectivity index (χ4n) is 1.27. The minimum atomic E-state index is -0.160. The van der Waals surface area contributed by atoms with E-state index < -0.39 is 0 Å². The summed E-state index contributed by atoms with van der Waals surface area (Å²) in [6.07, 6.45) is 1.37. The molecule has 0 saturated heterocycles. The van der Waals surface area contributed by atoms with Crippen molar-refractivity contribution < 1.29 is 9.52 Å². The summed E-state index contributed by atoms with van der Waals surface area (Å²) in [5.41, 5.74) is 0. The number of hydrogen-bond acceptors (Lipinski definition) is 4. The zero-order valence-corrected chi connectivity index (χ0v) is 6.32. The van der Waals surface area contributed by atoms with Crippen LogP contribution >= 0.6 is 0 Å². The standard InChI is InChI=1S/C7H10N2O2/c1-4-8-9-7(11-4)5-2-6(10)3-5/h5-6,10H,2-3H2,1H3. The molecule has 1 heterocycles. The molecule has 1 aliphatic rings. The zero-order valence-electron chi connectivity index (χ0n) is 6.32. The summed E-state index contributed by atoms with van der Waals surface area (Å²) in [7, 11) is 0. The van der Waals surface area contributed by atoms with Gasteiger partial charge < -0.3 is 9.52 Å². The number of aryl methyl sites for hydroxylation is 1. The van der Waals surface area contributed by atoms with Crippen molar-refractivity contribution in [3.05, 3.63) is 11.8 Å². The molecule has 1 aliphatic carbocycles. The van der Waals surface area contributed by atoms with E-state index in [-0.39, 0.29) is 6.10 Å². The topological polar surface area (TPSA) is 59.2 Å². The van der Waals surface area contributed by atoms with Crippen molar-refractivity contribution in [3.8, 4) is 0 Å². The van der Waals surface area contributed by atoms with Gasteiger partial charge in [-0.25, -0.2) is 0 Å². The van der Waals surface area contributed by atoms with Gasteiger partial charge in [-0.1, -0.05) is 0 Å². The van der Waals surface area contributed by atoms with E-state index in [2.05, 4.69) is 10.2 Å². The summed E-state index contributed by atoms with van der Waals surface area (Å²) in [6.45, 7) is 1.77. The number of nitrogens with zero attached hydrogens (tertiary/aromatic N) is 2. The van der Waals surface area contributed by atoms with Gasteiger partial charge in [0, 0.05) is 12.8 Å². The van der Waals surface area contributed by atoms with Crippen molar-refractivity contribution in [2.45, 2.75) is 31.8 Å². The molecule has 0 spiro atoms. The lowest BCUT2D eigenvalue weighted by atomic mass is 9.82. The lowest BCUT2D eigenvalue weighted by Crippen LogP contribution is -2.26. The highest BCUT2D eigenvalue weighted by molar-refractivity contribution is 4.99. The molecule has 1 saturated carbocycles. The van der Waals surface area contributed by atoms with E-state index in [1.165, 1.54) is 0 Å². The first-order chi connectivity index (χ1) is 5.25. The highest BCUT2D eigenvalue weighted by Crippen LogP contribution is 2.35. The average molecular weight is 154 g/mol. The third-order valence-corrected chi connectivity index (χ3v) is 2.00. The van der Waals surface area contributed by atoms with Crippen LogP contribution in [0.1, 0.15) is 30.5 Å². The molecule has 11 heavy (non-hydrogen) atoms. The Labute approximate surface area is 64.2 Å². The molecule has 4 nitrogen and oxygen atoms in total. The Hall–Kier alpha value is -0.900. The number of aliphatic hydroxyl groups is 1. The second kappa shape index (κ2) is 2.30. The lowest BCUT2D eigenvalue weighted by molar-refractivity contribution is 0.0645. The molecule has 1 aromatic heterocycles. The van der Waals surface area contributed by atoms with E-state index in [9.17, 15) is 0 Å². The predicted molar refractivity (Wildman–Crippen MR) is 37.0 cm³/mol. The summed E-state index contributed by atoms with van der Waals surface area (Å²) >= 11 is 0. The predicted octanol–water partition coefficient (Wildman–Crippen LogP) is 0.616. The van der Waals surface area contributed by atoms with E-state index in [0.717, 1.165) is 12.8 Å². The molecule has 60 valence electrons. The van der Waals surface area contributed by atoms with Gasteiger partial charge >= 0.3 is 0 Å². The third kappa shape index (κ3) is 1.14. The molecule has 0 unspecified atom stereocenters. The molecular formula is C7H10N2O2. The molecule has 1 fully saturated rings. The average Bonchev–Trinajstić information content (AvgIpc) is 2.29. The Morgan fingerprint density at radius 2 is 2.18 bits per heavy atom. The number of aromatic nitrogens is 2. The monoisotopic (exact) mass is 154 g/mol. The Balaban J connectivity index is 2.07. The normalized spacial score (nSPS) is 30.0. The Morgan fingerprint density at radius 3 is 2.64 bits per heavy atom. The largest absolute Gasteiger partial charge is 0.425 e. The molecule has 2 rings (SSSR count). The van der Waals surface area contributed by atoms with Gasteiger partial charge in [0.05, 0.1) is 6.10 Å². The van der Waals surface area contributed by atoms with Crippen LogP contribution in [-0.4, -0.2) is 21.4 Å². The maximum atomic E-state index is 9.00. The van der Waals surface area contributed by atoms with Crippen LogP contribution in [-0.2, 0) is 0 Å². The summed E-state index contributed by atoms with van der Waals surface area (Å²) in [4.78, 5) is 0. The molecule has 1 aromatic rings. The van der Waals surface area contributed by atoms with Crippen molar-refractivity contribution in [2.24, 2.45) is 0 Å².